The molecule has 0 aliphatic heterocycles. The van der Waals surface area contributed by atoms with Gasteiger partial charge in [-0.1, -0.05) is 0 Å². The zero-order valence-electron chi connectivity index (χ0n) is 9.87. The molecular formula is C13H22N2O. The Bertz CT molecular complexity index is 249. The maximum atomic E-state index is 11.8. The minimum Gasteiger partial charge on any atom is -0.356 e. The second-order valence-corrected chi connectivity index (χ2v) is 4.55. The Balaban J connectivity index is 2.16. The van der Waals surface area contributed by atoms with E-state index in [4.69, 9.17) is 12.2 Å². The first-order valence-electron chi connectivity index (χ1n) is 6.19. The third-order valence-electron chi connectivity index (χ3n) is 3.35. The number of hydrogen-bond acceptors (Lipinski definition) is 2. The van der Waals surface area contributed by atoms with Crippen molar-refractivity contribution in [3.63, 3.8) is 0 Å². The lowest BCUT2D eigenvalue weighted by molar-refractivity contribution is -0.126. The molecule has 1 aliphatic rings. The Kier molecular flexibility index (Phi) is 5.95. The predicted molar refractivity (Wildman–Crippen MR) is 65.6 cm³/mol. The largest absolute Gasteiger partial charge is 0.356 e. The van der Waals surface area contributed by atoms with E-state index in [1.165, 1.54) is 0 Å². The summed E-state index contributed by atoms with van der Waals surface area (Å²) in [6, 6.07) is 0. The maximum absolute atomic E-state index is 11.8. The molecule has 0 heterocycles. The zero-order chi connectivity index (χ0) is 11.8. The van der Waals surface area contributed by atoms with E-state index in [1.54, 1.807) is 0 Å². The summed E-state index contributed by atoms with van der Waals surface area (Å²) in [7, 11) is 0. The van der Waals surface area contributed by atoms with Gasteiger partial charge in [0.15, 0.2) is 0 Å². The van der Waals surface area contributed by atoms with Crippen molar-refractivity contribution >= 4 is 5.91 Å². The first-order chi connectivity index (χ1) is 7.77. The van der Waals surface area contributed by atoms with Gasteiger partial charge in [0, 0.05) is 18.9 Å². The summed E-state index contributed by atoms with van der Waals surface area (Å²) in [5, 5.41) is 2.95. The van der Waals surface area contributed by atoms with Gasteiger partial charge in [0.05, 0.1) is 0 Å². The van der Waals surface area contributed by atoms with E-state index in [0.29, 0.717) is 12.5 Å². The summed E-state index contributed by atoms with van der Waals surface area (Å²) in [6.07, 6.45) is 10.9. The van der Waals surface area contributed by atoms with Gasteiger partial charge < -0.3 is 11.1 Å². The van der Waals surface area contributed by atoms with Gasteiger partial charge >= 0.3 is 0 Å². The monoisotopic (exact) mass is 222 g/mol. The standard InChI is InChI=1S/C13H22N2O/c1-2-3-4-9-15-13(16)12-7-5-11(10-14)6-8-12/h1,11-12H,3-10,14H2,(H,15,16). The van der Waals surface area contributed by atoms with Gasteiger partial charge in [0.2, 0.25) is 5.91 Å². The van der Waals surface area contributed by atoms with Crippen molar-refractivity contribution < 1.29 is 4.79 Å². The van der Waals surface area contributed by atoms with Gasteiger partial charge in [-0.25, -0.2) is 0 Å². The summed E-state index contributed by atoms with van der Waals surface area (Å²) in [5.74, 6) is 3.60. The van der Waals surface area contributed by atoms with E-state index in [2.05, 4.69) is 11.2 Å². The number of carbonyl (C=O) groups excluding carboxylic acids is 1. The van der Waals surface area contributed by atoms with Crippen molar-refractivity contribution in [2.24, 2.45) is 17.6 Å². The normalized spacial score (nSPS) is 24.8. The maximum Gasteiger partial charge on any atom is 0.223 e. The van der Waals surface area contributed by atoms with Gasteiger partial charge in [0.25, 0.3) is 0 Å². The fraction of sp³-hybridized carbons (Fsp3) is 0.769. The van der Waals surface area contributed by atoms with Gasteiger partial charge in [-0.2, -0.15) is 0 Å². The minimum absolute atomic E-state index is 0.201. The van der Waals surface area contributed by atoms with Crippen molar-refractivity contribution in [2.75, 3.05) is 13.1 Å². The molecule has 0 atom stereocenters. The summed E-state index contributed by atoms with van der Waals surface area (Å²) in [5.41, 5.74) is 5.62. The van der Waals surface area contributed by atoms with Crippen LogP contribution in [0.2, 0.25) is 0 Å². The molecule has 0 radical (unpaired) electrons. The number of terminal acetylenes is 1. The molecule has 0 spiro atoms. The molecule has 1 saturated carbocycles. The first-order valence-corrected chi connectivity index (χ1v) is 6.19. The van der Waals surface area contributed by atoms with E-state index in [-0.39, 0.29) is 11.8 Å². The summed E-state index contributed by atoms with van der Waals surface area (Å²) < 4.78 is 0. The molecule has 16 heavy (non-hydrogen) atoms. The van der Waals surface area contributed by atoms with E-state index >= 15 is 0 Å². The average Bonchev–Trinajstić information content (AvgIpc) is 2.34. The Labute approximate surface area is 98.2 Å². The predicted octanol–water partition coefficient (Wildman–Crippen LogP) is 1.28. The van der Waals surface area contributed by atoms with Crippen LogP contribution in [0.4, 0.5) is 0 Å². The molecule has 3 nitrogen and oxygen atoms in total. The van der Waals surface area contributed by atoms with Crippen LogP contribution in [-0.2, 0) is 4.79 Å². The zero-order valence-corrected chi connectivity index (χ0v) is 9.87. The smallest absolute Gasteiger partial charge is 0.223 e. The summed E-state index contributed by atoms with van der Waals surface area (Å²) in [4.78, 5) is 11.8. The lowest BCUT2D eigenvalue weighted by Gasteiger charge is -2.26. The Morgan fingerprint density at radius 2 is 2.06 bits per heavy atom. The van der Waals surface area contributed by atoms with E-state index in [9.17, 15) is 4.79 Å². The third-order valence-corrected chi connectivity index (χ3v) is 3.35. The molecule has 1 amide bonds. The highest BCUT2D eigenvalue weighted by Crippen LogP contribution is 2.27. The van der Waals surface area contributed by atoms with Gasteiger partial charge in [-0.15, -0.1) is 12.3 Å². The highest BCUT2D eigenvalue weighted by molar-refractivity contribution is 5.78. The van der Waals surface area contributed by atoms with Crippen molar-refractivity contribution in [3.05, 3.63) is 0 Å². The van der Waals surface area contributed by atoms with Crippen LogP contribution in [0.5, 0.6) is 0 Å². The molecular weight excluding hydrogens is 200 g/mol. The lowest BCUT2D eigenvalue weighted by atomic mass is 9.81. The SMILES string of the molecule is C#CCCCNC(=O)C1CCC(CN)CC1. The lowest BCUT2D eigenvalue weighted by Crippen LogP contribution is -2.34. The molecule has 90 valence electrons. The topological polar surface area (TPSA) is 55.1 Å². The molecule has 0 aromatic heterocycles. The molecule has 0 aromatic carbocycles. The molecule has 1 fully saturated rings. The van der Waals surface area contributed by atoms with Crippen LogP contribution < -0.4 is 11.1 Å². The average molecular weight is 222 g/mol. The van der Waals surface area contributed by atoms with Crippen molar-refractivity contribution in [3.8, 4) is 12.3 Å². The van der Waals surface area contributed by atoms with Crippen LogP contribution in [-0.4, -0.2) is 19.0 Å². The highest BCUT2D eigenvalue weighted by atomic mass is 16.1. The highest BCUT2D eigenvalue weighted by Gasteiger charge is 2.24. The Hall–Kier alpha value is -1.01. The second kappa shape index (κ2) is 7.29. The third kappa shape index (κ3) is 4.24. The molecule has 1 aliphatic carbocycles. The van der Waals surface area contributed by atoms with E-state index in [0.717, 1.165) is 45.1 Å². The second-order valence-electron chi connectivity index (χ2n) is 4.55. The fourth-order valence-electron chi connectivity index (χ4n) is 2.21. The molecule has 3 heteroatoms. The number of nitrogens with one attached hydrogen (secondary N) is 1. The van der Waals surface area contributed by atoms with Crippen LogP contribution in [0.3, 0.4) is 0 Å². The molecule has 3 N–H and O–H groups in total. The minimum atomic E-state index is 0.201. The van der Waals surface area contributed by atoms with Crippen LogP contribution >= 0.6 is 0 Å². The Morgan fingerprint density at radius 3 is 2.62 bits per heavy atom. The molecule has 0 saturated heterocycles. The number of carbonyl (C=O) groups is 1. The van der Waals surface area contributed by atoms with Crippen molar-refractivity contribution in [1.82, 2.24) is 5.32 Å². The van der Waals surface area contributed by atoms with E-state index in [1.807, 2.05) is 0 Å². The summed E-state index contributed by atoms with van der Waals surface area (Å²) in [6.45, 7) is 1.47. The van der Waals surface area contributed by atoms with Gasteiger partial charge in [-0.3, -0.25) is 4.79 Å². The van der Waals surface area contributed by atoms with Crippen LogP contribution in [0.1, 0.15) is 38.5 Å². The molecule has 0 bridgehead atoms. The number of nitrogens with two attached hydrogens (primary N) is 1. The fourth-order valence-corrected chi connectivity index (χ4v) is 2.21. The van der Waals surface area contributed by atoms with Gasteiger partial charge in [0.1, 0.15) is 0 Å². The Morgan fingerprint density at radius 1 is 1.38 bits per heavy atom. The number of amides is 1. The first kappa shape index (κ1) is 13.1. The molecule has 0 unspecified atom stereocenters. The van der Waals surface area contributed by atoms with Crippen molar-refractivity contribution in [1.29, 1.82) is 0 Å². The quantitative estimate of drug-likeness (QED) is 0.544. The van der Waals surface area contributed by atoms with Crippen LogP contribution in [0.25, 0.3) is 0 Å². The summed E-state index contributed by atoms with van der Waals surface area (Å²) >= 11 is 0. The number of rotatable bonds is 5. The van der Waals surface area contributed by atoms with Crippen LogP contribution in [0.15, 0.2) is 0 Å². The van der Waals surface area contributed by atoms with Gasteiger partial charge in [-0.05, 0) is 44.6 Å². The van der Waals surface area contributed by atoms with Crippen molar-refractivity contribution in [2.45, 2.75) is 38.5 Å². The molecule has 0 aromatic rings. The number of hydrogen-bond donors (Lipinski definition) is 2. The van der Waals surface area contributed by atoms with Crippen LogP contribution in [0, 0.1) is 24.2 Å². The number of unbranched alkanes of at least 4 members (excludes halogenated alkanes) is 1. The van der Waals surface area contributed by atoms with E-state index < -0.39 is 0 Å². The molecule has 1 rings (SSSR count).